The van der Waals surface area contributed by atoms with Crippen LogP contribution in [0.3, 0.4) is 0 Å². The van der Waals surface area contributed by atoms with E-state index in [9.17, 15) is 37.5 Å². The van der Waals surface area contributed by atoms with Gasteiger partial charge in [0, 0.05) is 25.2 Å². The molecule has 2 aromatic carbocycles. The fourth-order valence-electron chi connectivity index (χ4n) is 6.44. The van der Waals surface area contributed by atoms with Crippen molar-refractivity contribution < 1.29 is 52.1 Å². The molecular weight excluding hydrogens is 685 g/mol. The van der Waals surface area contributed by atoms with Crippen LogP contribution >= 0.6 is 11.6 Å². The molecule has 0 bridgehead atoms. The Hall–Kier alpha value is -4.21. The van der Waals surface area contributed by atoms with Gasteiger partial charge in [0.25, 0.3) is 0 Å². The van der Waals surface area contributed by atoms with Gasteiger partial charge in [0.15, 0.2) is 0 Å². The maximum Gasteiger partial charge on any atom is 0.490 e. The maximum atomic E-state index is 14.2. The van der Waals surface area contributed by atoms with E-state index in [1.165, 1.54) is 14.0 Å². The van der Waals surface area contributed by atoms with Crippen LogP contribution in [0.25, 0.3) is 0 Å². The van der Waals surface area contributed by atoms with Crippen molar-refractivity contribution in [1.82, 2.24) is 15.5 Å². The smallest absolute Gasteiger partial charge is 0.481 e. The predicted octanol–water partition coefficient (Wildman–Crippen LogP) is 3.29. The molecule has 3 unspecified atom stereocenters. The average Bonchev–Trinajstić information content (AvgIpc) is 3.48. The number of aryl methyl sites for hydroxylation is 1. The van der Waals surface area contributed by atoms with Gasteiger partial charge in [-0.2, -0.15) is 13.2 Å². The molecule has 1 fully saturated rings. The molecule has 6 N–H and O–H groups in total. The quantitative estimate of drug-likeness (QED) is 0.219. The number of nitrogens with two attached hydrogens (primary N) is 1. The first-order valence-corrected chi connectivity index (χ1v) is 16.3. The molecule has 4 rings (SSSR count). The molecule has 2 aromatic rings. The molecule has 50 heavy (non-hydrogen) atoms. The third-order valence-electron chi connectivity index (χ3n) is 8.73. The summed E-state index contributed by atoms with van der Waals surface area (Å²) in [6.07, 6.45) is -2.28. The van der Waals surface area contributed by atoms with Gasteiger partial charge in [0.1, 0.15) is 6.04 Å². The van der Waals surface area contributed by atoms with Gasteiger partial charge in [-0.15, -0.1) is 0 Å². The van der Waals surface area contributed by atoms with Crippen LogP contribution < -0.4 is 16.4 Å². The van der Waals surface area contributed by atoms with E-state index in [2.05, 4.69) is 10.6 Å². The third-order valence-corrected chi connectivity index (χ3v) is 8.98. The molecule has 1 saturated heterocycles. The number of hydrogen-bond acceptors (Lipinski definition) is 7. The first kappa shape index (κ1) is 40.2. The second kappa shape index (κ2) is 17.6. The van der Waals surface area contributed by atoms with Gasteiger partial charge >= 0.3 is 18.1 Å². The Kier molecular flexibility index (Phi) is 14.2. The van der Waals surface area contributed by atoms with Crippen molar-refractivity contribution in [2.45, 2.75) is 75.2 Å². The number of piperidine rings is 1. The predicted molar refractivity (Wildman–Crippen MR) is 176 cm³/mol. The molecule has 0 spiro atoms. The molecule has 0 aromatic heterocycles. The number of carboxylic acids is 2. The summed E-state index contributed by atoms with van der Waals surface area (Å²) in [6.45, 7) is 2.10. The number of aliphatic carboxylic acids is 2. The van der Waals surface area contributed by atoms with Gasteiger partial charge in [0.2, 0.25) is 17.7 Å². The Morgan fingerprint density at radius 1 is 1.08 bits per heavy atom. The number of methoxy groups -OCH3 is 1. The number of likely N-dealkylation sites (tertiary alicyclic amines) is 1. The van der Waals surface area contributed by atoms with Crippen molar-refractivity contribution in [2.24, 2.45) is 11.7 Å². The van der Waals surface area contributed by atoms with E-state index in [1.807, 2.05) is 36.4 Å². The van der Waals surface area contributed by atoms with Crippen molar-refractivity contribution in [1.29, 1.82) is 0 Å². The van der Waals surface area contributed by atoms with Crippen LogP contribution in [0.5, 0.6) is 0 Å². The Labute approximate surface area is 292 Å². The van der Waals surface area contributed by atoms with E-state index in [-0.39, 0.29) is 31.4 Å². The van der Waals surface area contributed by atoms with Crippen molar-refractivity contribution >= 4 is 41.3 Å². The highest BCUT2D eigenvalue weighted by Gasteiger charge is 2.44. The molecule has 12 nitrogen and oxygen atoms in total. The molecule has 5 atom stereocenters. The molecule has 1 aliphatic carbocycles. The monoisotopic (exact) mass is 726 g/mol. The van der Waals surface area contributed by atoms with Crippen LogP contribution in [0.15, 0.2) is 48.5 Å². The van der Waals surface area contributed by atoms with Crippen molar-refractivity contribution in [3.63, 3.8) is 0 Å². The van der Waals surface area contributed by atoms with Crippen LogP contribution in [-0.4, -0.2) is 95.4 Å². The van der Waals surface area contributed by atoms with Crippen molar-refractivity contribution in [3.8, 4) is 0 Å². The Morgan fingerprint density at radius 2 is 1.72 bits per heavy atom. The van der Waals surface area contributed by atoms with Crippen molar-refractivity contribution in [2.75, 3.05) is 26.8 Å². The van der Waals surface area contributed by atoms with E-state index >= 15 is 0 Å². The summed E-state index contributed by atoms with van der Waals surface area (Å²) in [4.78, 5) is 62.8. The summed E-state index contributed by atoms with van der Waals surface area (Å²) in [5.74, 6) is -5.86. The fraction of sp³-hybridized carbons (Fsp3) is 0.500. The number of amides is 3. The highest BCUT2D eigenvalue weighted by atomic mass is 35.5. The zero-order valence-corrected chi connectivity index (χ0v) is 28.4. The summed E-state index contributed by atoms with van der Waals surface area (Å²) < 4.78 is 37.0. The average molecular weight is 727 g/mol. The number of fused-ring (bicyclic) bond motifs is 1. The molecule has 0 radical (unpaired) electrons. The number of ether oxygens (including phenoxy) is 1. The minimum Gasteiger partial charge on any atom is -0.481 e. The van der Waals surface area contributed by atoms with Crippen LogP contribution in [0.1, 0.15) is 55.2 Å². The van der Waals surface area contributed by atoms with E-state index in [1.54, 1.807) is 17.0 Å². The lowest BCUT2D eigenvalue weighted by atomic mass is 9.80. The van der Waals surface area contributed by atoms with Crippen molar-refractivity contribution in [3.05, 3.63) is 70.2 Å². The Balaban J connectivity index is 0.000000872. The standard InChI is InChI=1S/C32H41ClN4O6.C2HF3O2/c1-20(34)29(40)35-27(18-43-2)30(41)36-32(17-21-8-11-23(33)12-9-21)14-5-15-37(19-32)31(42)26(16-28(38)39)25-13-10-22-6-3-4-7-24(22)25;3-2(4,5)1(6)7/h3-4,6-9,11-12,20,25-27H,5,10,13-19,34H2,1-2H3,(H,35,40)(H,36,41)(H,38,39);(H,6,7)/t20?,25-,26?,27?,32+;/m0./s1. The van der Waals surface area contributed by atoms with Gasteiger partial charge in [0.05, 0.1) is 30.5 Å². The number of carbonyl (C=O) groups excluding carboxylic acids is 3. The highest BCUT2D eigenvalue weighted by molar-refractivity contribution is 6.30. The fourth-order valence-corrected chi connectivity index (χ4v) is 6.56. The number of carboxylic acid groups (broad SMARTS) is 2. The minimum atomic E-state index is -5.08. The summed E-state index contributed by atoms with van der Waals surface area (Å²) in [6, 6.07) is 13.4. The summed E-state index contributed by atoms with van der Waals surface area (Å²) >= 11 is 6.13. The molecule has 0 saturated carbocycles. The minimum absolute atomic E-state index is 0.0638. The maximum absolute atomic E-state index is 14.2. The van der Waals surface area contributed by atoms with Gasteiger partial charge < -0.3 is 36.2 Å². The lowest BCUT2D eigenvalue weighted by Gasteiger charge is -2.45. The second-order valence-corrected chi connectivity index (χ2v) is 13.0. The summed E-state index contributed by atoms with van der Waals surface area (Å²) in [5, 5.41) is 23.3. The van der Waals surface area contributed by atoms with Crippen LogP contribution in [0, 0.1) is 5.92 Å². The van der Waals surface area contributed by atoms with E-state index in [0.29, 0.717) is 37.3 Å². The number of nitrogens with one attached hydrogen (secondary N) is 2. The first-order chi connectivity index (χ1) is 23.5. The van der Waals surface area contributed by atoms with E-state index in [4.69, 9.17) is 32.0 Å². The lowest BCUT2D eigenvalue weighted by molar-refractivity contribution is -0.192. The number of carbonyl (C=O) groups is 5. The second-order valence-electron chi connectivity index (χ2n) is 12.6. The number of nitrogens with zero attached hydrogens (tertiary/aromatic N) is 1. The molecule has 2 aliphatic rings. The van der Waals surface area contributed by atoms with E-state index < -0.39 is 53.5 Å². The molecule has 1 heterocycles. The zero-order chi connectivity index (χ0) is 37.2. The van der Waals surface area contributed by atoms with E-state index in [0.717, 1.165) is 23.1 Å². The number of alkyl halides is 3. The normalized spacial score (nSPS) is 20.3. The number of rotatable bonds is 12. The zero-order valence-electron chi connectivity index (χ0n) is 27.7. The number of benzene rings is 2. The Bertz CT molecular complexity index is 1520. The highest BCUT2D eigenvalue weighted by Crippen LogP contribution is 2.41. The van der Waals surface area contributed by atoms with Crippen LogP contribution in [0.4, 0.5) is 13.2 Å². The number of hydrogen-bond donors (Lipinski definition) is 5. The van der Waals surface area contributed by atoms with Crippen LogP contribution in [-0.2, 0) is 41.6 Å². The number of halogens is 4. The Morgan fingerprint density at radius 3 is 2.30 bits per heavy atom. The third kappa shape index (κ3) is 11.2. The molecule has 274 valence electrons. The molecule has 1 aliphatic heterocycles. The van der Waals surface area contributed by atoms with Gasteiger partial charge in [-0.05, 0) is 73.8 Å². The molecule has 3 amide bonds. The topological polar surface area (TPSA) is 188 Å². The van der Waals surface area contributed by atoms with Gasteiger partial charge in [-0.3, -0.25) is 19.2 Å². The largest absolute Gasteiger partial charge is 0.490 e. The molecular formula is C34H42ClF3N4O8. The van der Waals surface area contributed by atoms with Gasteiger partial charge in [-0.25, -0.2) is 4.79 Å². The lowest BCUT2D eigenvalue weighted by Crippen LogP contribution is -2.65. The van der Waals surface area contributed by atoms with Gasteiger partial charge in [-0.1, -0.05) is 48.0 Å². The molecule has 16 heteroatoms. The SMILES string of the molecule is COCC(NC(=O)C(C)N)C(=O)N[C@@]1(Cc2ccc(Cl)cc2)CCCN(C(=O)C(CC(=O)O)[C@H]2CCc3ccccc32)C1.O=C(O)C(F)(F)F. The van der Waals surface area contributed by atoms with Crippen LogP contribution in [0.2, 0.25) is 5.02 Å². The summed E-state index contributed by atoms with van der Waals surface area (Å²) in [7, 11) is 1.44. The summed E-state index contributed by atoms with van der Waals surface area (Å²) in [5.41, 5.74) is 7.93. The first-order valence-electron chi connectivity index (χ1n) is 16.0.